The number of hydrogen-bond donors (Lipinski definition) is 2. The van der Waals surface area contributed by atoms with Crippen LogP contribution in [-0.4, -0.2) is 28.0 Å². The summed E-state index contributed by atoms with van der Waals surface area (Å²) in [6.45, 7) is 7.13. The average molecular weight is 308 g/mol. The van der Waals surface area contributed by atoms with Crippen LogP contribution in [0.3, 0.4) is 0 Å². The molecule has 4 nitrogen and oxygen atoms in total. The van der Waals surface area contributed by atoms with Gasteiger partial charge in [0, 0.05) is 0 Å². The van der Waals surface area contributed by atoms with Crippen LogP contribution in [0, 0.1) is 13.8 Å². The molecular weight excluding hydrogens is 286 g/mol. The normalized spacial score (nSPS) is 14.1. The molecule has 0 spiro atoms. The molecule has 2 rings (SSSR count). The van der Waals surface area contributed by atoms with Gasteiger partial charge in [-0.1, -0.05) is 48.9 Å². The summed E-state index contributed by atoms with van der Waals surface area (Å²) in [4.78, 5) is 0. The van der Waals surface area contributed by atoms with Crippen molar-refractivity contribution in [2.24, 2.45) is 0 Å². The number of rotatable bonds is 6. The highest BCUT2D eigenvalue weighted by atomic mass is 35.5. The molecule has 0 saturated heterocycles. The second-order valence-corrected chi connectivity index (χ2v) is 5.66. The third kappa shape index (κ3) is 3.12. The SMILES string of the molecule is CCNC(CO)(Cn1nc(C)c(Cl)c1C)c1ccccc1. The van der Waals surface area contributed by atoms with Crippen molar-refractivity contribution >= 4 is 11.6 Å². The van der Waals surface area contributed by atoms with Crippen LogP contribution >= 0.6 is 11.6 Å². The van der Waals surface area contributed by atoms with E-state index in [4.69, 9.17) is 11.6 Å². The van der Waals surface area contributed by atoms with E-state index in [1.807, 2.05) is 55.8 Å². The first-order valence-electron chi connectivity index (χ1n) is 7.15. The first-order valence-corrected chi connectivity index (χ1v) is 7.53. The van der Waals surface area contributed by atoms with Crippen molar-refractivity contribution in [1.29, 1.82) is 0 Å². The van der Waals surface area contributed by atoms with Gasteiger partial charge in [0.2, 0.25) is 0 Å². The third-order valence-electron chi connectivity index (χ3n) is 3.82. The van der Waals surface area contributed by atoms with E-state index in [0.717, 1.165) is 23.5 Å². The number of aromatic nitrogens is 2. The standard InChI is InChI=1S/C16H22ClN3O/c1-4-18-16(11-21,14-8-6-5-7-9-14)10-20-13(3)15(17)12(2)19-20/h5-9,18,21H,4,10-11H2,1-3H3. The Kier molecular flexibility index (Phi) is 5.04. The van der Waals surface area contributed by atoms with E-state index >= 15 is 0 Å². The van der Waals surface area contributed by atoms with Crippen LogP contribution in [0.15, 0.2) is 30.3 Å². The molecule has 21 heavy (non-hydrogen) atoms. The van der Waals surface area contributed by atoms with Gasteiger partial charge in [-0.3, -0.25) is 4.68 Å². The summed E-state index contributed by atoms with van der Waals surface area (Å²) in [6.07, 6.45) is 0. The molecule has 0 aliphatic heterocycles. The number of hydrogen-bond acceptors (Lipinski definition) is 3. The molecule has 114 valence electrons. The zero-order valence-corrected chi connectivity index (χ0v) is 13.5. The summed E-state index contributed by atoms with van der Waals surface area (Å²) < 4.78 is 1.86. The first-order chi connectivity index (χ1) is 10.0. The van der Waals surface area contributed by atoms with Gasteiger partial charge in [-0.15, -0.1) is 0 Å². The largest absolute Gasteiger partial charge is 0.394 e. The van der Waals surface area contributed by atoms with Crippen LogP contribution in [0.25, 0.3) is 0 Å². The van der Waals surface area contributed by atoms with Crippen molar-refractivity contribution < 1.29 is 5.11 Å². The van der Waals surface area contributed by atoms with E-state index in [9.17, 15) is 5.11 Å². The molecule has 1 aromatic heterocycles. The summed E-state index contributed by atoms with van der Waals surface area (Å²) >= 11 is 6.23. The van der Waals surface area contributed by atoms with E-state index in [0.29, 0.717) is 11.6 Å². The Morgan fingerprint density at radius 1 is 1.29 bits per heavy atom. The van der Waals surface area contributed by atoms with Crippen LogP contribution < -0.4 is 5.32 Å². The number of aliphatic hydroxyl groups is 1. The van der Waals surface area contributed by atoms with Crippen molar-refractivity contribution in [3.8, 4) is 0 Å². The number of nitrogens with one attached hydrogen (secondary N) is 1. The number of aryl methyl sites for hydroxylation is 1. The highest BCUT2D eigenvalue weighted by Gasteiger charge is 2.32. The van der Waals surface area contributed by atoms with E-state index in [1.54, 1.807) is 0 Å². The van der Waals surface area contributed by atoms with E-state index in [1.165, 1.54) is 0 Å². The van der Waals surface area contributed by atoms with Crippen molar-refractivity contribution in [1.82, 2.24) is 15.1 Å². The van der Waals surface area contributed by atoms with Gasteiger partial charge < -0.3 is 10.4 Å². The molecule has 0 bridgehead atoms. The van der Waals surface area contributed by atoms with Gasteiger partial charge in [-0.05, 0) is 26.0 Å². The average Bonchev–Trinajstić information content (AvgIpc) is 2.75. The fourth-order valence-corrected chi connectivity index (χ4v) is 2.76. The summed E-state index contributed by atoms with van der Waals surface area (Å²) in [5.41, 5.74) is 2.20. The Morgan fingerprint density at radius 2 is 1.95 bits per heavy atom. The molecule has 0 amide bonds. The molecular formula is C16H22ClN3O. The Hall–Kier alpha value is -1.36. The number of benzene rings is 1. The highest BCUT2D eigenvalue weighted by molar-refractivity contribution is 6.31. The lowest BCUT2D eigenvalue weighted by molar-refractivity contribution is 0.139. The van der Waals surface area contributed by atoms with Gasteiger partial charge in [0.05, 0.1) is 35.1 Å². The maximum absolute atomic E-state index is 10.1. The van der Waals surface area contributed by atoms with Crippen LogP contribution in [0.5, 0.6) is 0 Å². The van der Waals surface area contributed by atoms with Crippen LogP contribution in [0.2, 0.25) is 5.02 Å². The van der Waals surface area contributed by atoms with Crippen molar-refractivity contribution in [3.63, 3.8) is 0 Å². The lowest BCUT2D eigenvalue weighted by Gasteiger charge is -2.33. The molecule has 1 heterocycles. The monoisotopic (exact) mass is 307 g/mol. The molecule has 1 aromatic carbocycles. The smallest absolute Gasteiger partial charge is 0.0867 e. The van der Waals surface area contributed by atoms with Gasteiger partial charge >= 0.3 is 0 Å². The minimum atomic E-state index is -0.567. The van der Waals surface area contributed by atoms with Gasteiger partial charge in [-0.25, -0.2) is 0 Å². The fraction of sp³-hybridized carbons (Fsp3) is 0.438. The Balaban J connectivity index is 2.43. The molecule has 0 aliphatic carbocycles. The van der Waals surface area contributed by atoms with Crippen molar-refractivity contribution in [2.45, 2.75) is 32.9 Å². The topological polar surface area (TPSA) is 50.1 Å². The molecule has 0 aliphatic rings. The molecule has 1 unspecified atom stereocenters. The molecule has 1 atom stereocenters. The Labute approximate surface area is 130 Å². The number of nitrogens with zero attached hydrogens (tertiary/aromatic N) is 2. The van der Waals surface area contributed by atoms with Gasteiger partial charge in [0.1, 0.15) is 0 Å². The Bertz CT molecular complexity index is 597. The molecule has 0 radical (unpaired) electrons. The van der Waals surface area contributed by atoms with Crippen molar-refractivity contribution in [2.75, 3.05) is 13.2 Å². The fourth-order valence-electron chi connectivity index (χ4n) is 2.63. The molecule has 5 heteroatoms. The highest BCUT2D eigenvalue weighted by Crippen LogP contribution is 2.26. The third-order valence-corrected chi connectivity index (χ3v) is 4.37. The van der Waals surface area contributed by atoms with Gasteiger partial charge in [0.25, 0.3) is 0 Å². The van der Waals surface area contributed by atoms with E-state index in [2.05, 4.69) is 10.4 Å². The van der Waals surface area contributed by atoms with Crippen LogP contribution in [0.4, 0.5) is 0 Å². The summed E-state index contributed by atoms with van der Waals surface area (Å²) in [5, 5.41) is 18.6. The summed E-state index contributed by atoms with van der Waals surface area (Å²) in [6, 6.07) is 9.96. The first kappa shape index (κ1) is 16.0. The zero-order chi connectivity index (χ0) is 15.5. The van der Waals surface area contributed by atoms with Gasteiger partial charge in [0.15, 0.2) is 0 Å². The minimum absolute atomic E-state index is 0.0131. The van der Waals surface area contributed by atoms with Crippen LogP contribution in [0.1, 0.15) is 23.9 Å². The maximum atomic E-state index is 10.1. The molecule has 2 N–H and O–H groups in total. The molecule has 2 aromatic rings. The minimum Gasteiger partial charge on any atom is -0.394 e. The zero-order valence-electron chi connectivity index (χ0n) is 12.7. The predicted molar refractivity (Wildman–Crippen MR) is 85.6 cm³/mol. The number of aliphatic hydroxyl groups excluding tert-OH is 1. The quantitative estimate of drug-likeness (QED) is 0.862. The summed E-state index contributed by atoms with van der Waals surface area (Å²) in [5.74, 6) is 0. The van der Waals surface area contributed by atoms with Gasteiger partial charge in [-0.2, -0.15) is 5.10 Å². The number of halogens is 1. The van der Waals surface area contributed by atoms with Crippen molar-refractivity contribution in [3.05, 3.63) is 52.3 Å². The number of likely N-dealkylation sites (N-methyl/N-ethyl adjacent to an activating group) is 1. The molecule has 0 saturated carbocycles. The lowest BCUT2D eigenvalue weighted by Crippen LogP contribution is -2.49. The predicted octanol–water partition coefficient (Wildman–Crippen LogP) is 2.65. The second-order valence-electron chi connectivity index (χ2n) is 5.28. The summed E-state index contributed by atoms with van der Waals surface area (Å²) in [7, 11) is 0. The van der Waals surface area contributed by atoms with E-state index in [-0.39, 0.29) is 6.61 Å². The maximum Gasteiger partial charge on any atom is 0.0867 e. The second kappa shape index (κ2) is 6.60. The van der Waals surface area contributed by atoms with Crippen LogP contribution in [-0.2, 0) is 12.1 Å². The Morgan fingerprint density at radius 3 is 2.43 bits per heavy atom. The molecule has 0 fully saturated rings. The van der Waals surface area contributed by atoms with E-state index < -0.39 is 5.54 Å². The lowest BCUT2D eigenvalue weighted by atomic mass is 9.90.